The molecule has 2 N–H and O–H groups in total. The molecule has 1 aliphatic heterocycles. The molecule has 0 bridgehead atoms. The van der Waals surface area contributed by atoms with Crippen LogP contribution in [0.3, 0.4) is 0 Å². The van der Waals surface area contributed by atoms with Crippen LogP contribution in [0.5, 0.6) is 0 Å². The van der Waals surface area contributed by atoms with Crippen LogP contribution in [0.25, 0.3) is 0 Å². The van der Waals surface area contributed by atoms with E-state index in [1.54, 1.807) is 6.07 Å². The maximum absolute atomic E-state index is 13.2. The zero-order chi connectivity index (χ0) is 14.8. The summed E-state index contributed by atoms with van der Waals surface area (Å²) in [4.78, 5) is 12.2. The van der Waals surface area contributed by atoms with E-state index in [4.69, 9.17) is 0 Å². The van der Waals surface area contributed by atoms with E-state index in [9.17, 15) is 9.18 Å². The van der Waals surface area contributed by atoms with Crippen LogP contribution in [0.15, 0.2) is 46.9 Å². The summed E-state index contributed by atoms with van der Waals surface area (Å²) in [6, 6.07) is 12.2. The highest BCUT2D eigenvalue weighted by Gasteiger charge is 2.24. The predicted octanol–water partition coefficient (Wildman–Crippen LogP) is 4.13. The fraction of sp³-hybridized carbons (Fsp3) is 0.188. The van der Waals surface area contributed by atoms with Crippen LogP contribution >= 0.6 is 15.9 Å². The summed E-state index contributed by atoms with van der Waals surface area (Å²) in [5.74, 6) is -0.347. The fourth-order valence-electron chi connectivity index (χ4n) is 2.56. The van der Waals surface area contributed by atoms with Crippen molar-refractivity contribution in [2.45, 2.75) is 12.3 Å². The summed E-state index contributed by atoms with van der Waals surface area (Å²) in [5.41, 5.74) is 2.70. The van der Waals surface area contributed by atoms with Gasteiger partial charge in [-0.1, -0.05) is 18.2 Å². The van der Waals surface area contributed by atoms with Crippen molar-refractivity contribution >= 4 is 33.2 Å². The molecule has 0 spiro atoms. The molecular formula is C16H14BrFN2O. The summed E-state index contributed by atoms with van der Waals surface area (Å²) >= 11 is 3.30. The largest absolute Gasteiger partial charge is 0.384 e. The number of amides is 1. The first-order valence-electron chi connectivity index (χ1n) is 6.71. The van der Waals surface area contributed by atoms with Gasteiger partial charge in [-0.05, 0) is 45.8 Å². The third-order valence-corrected chi connectivity index (χ3v) is 4.27. The molecule has 1 amide bonds. The van der Waals surface area contributed by atoms with Crippen molar-refractivity contribution in [3.8, 4) is 0 Å². The Morgan fingerprint density at radius 3 is 3.00 bits per heavy atom. The van der Waals surface area contributed by atoms with Gasteiger partial charge in [0, 0.05) is 29.0 Å². The molecule has 0 radical (unpaired) electrons. The lowest BCUT2D eigenvalue weighted by Gasteiger charge is -2.11. The molecule has 3 rings (SSSR count). The molecule has 2 aromatic rings. The number of hydrogen-bond acceptors (Lipinski definition) is 2. The third kappa shape index (κ3) is 3.08. The van der Waals surface area contributed by atoms with Gasteiger partial charge in [0.05, 0.1) is 5.69 Å². The summed E-state index contributed by atoms with van der Waals surface area (Å²) in [7, 11) is 0. The maximum Gasteiger partial charge on any atom is 0.225 e. The van der Waals surface area contributed by atoms with Crippen LogP contribution in [0.4, 0.5) is 15.8 Å². The molecule has 21 heavy (non-hydrogen) atoms. The smallest absolute Gasteiger partial charge is 0.225 e. The number of fused-ring (bicyclic) bond motifs is 1. The molecule has 0 aromatic heterocycles. The molecule has 1 atom stereocenters. The van der Waals surface area contributed by atoms with Crippen LogP contribution in [0.1, 0.15) is 17.9 Å². The quantitative estimate of drug-likeness (QED) is 0.875. The minimum Gasteiger partial charge on any atom is -0.384 e. The Morgan fingerprint density at radius 2 is 2.14 bits per heavy atom. The first-order chi connectivity index (χ1) is 10.1. The van der Waals surface area contributed by atoms with Crippen molar-refractivity contribution < 1.29 is 9.18 Å². The van der Waals surface area contributed by atoms with E-state index < -0.39 is 0 Å². The number of para-hydroxylation sites is 1. The SMILES string of the molecule is O=C(CC1CNc2ccccc21)Nc1cc(F)ccc1Br. The van der Waals surface area contributed by atoms with Gasteiger partial charge < -0.3 is 10.6 Å². The van der Waals surface area contributed by atoms with Crippen LogP contribution in [0, 0.1) is 5.82 Å². The van der Waals surface area contributed by atoms with Crippen LogP contribution in [-0.4, -0.2) is 12.5 Å². The van der Waals surface area contributed by atoms with Gasteiger partial charge >= 0.3 is 0 Å². The number of anilines is 2. The highest BCUT2D eigenvalue weighted by molar-refractivity contribution is 9.10. The lowest BCUT2D eigenvalue weighted by atomic mass is 9.97. The van der Waals surface area contributed by atoms with Crippen LogP contribution < -0.4 is 10.6 Å². The highest BCUT2D eigenvalue weighted by Crippen LogP contribution is 2.33. The van der Waals surface area contributed by atoms with Gasteiger partial charge in [0.2, 0.25) is 5.91 Å². The van der Waals surface area contributed by atoms with Crippen molar-refractivity contribution in [1.82, 2.24) is 0 Å². The number of carbonyl (C=O) groups excluding carboxylic acids is 1. The Bertz CT molecular complexity index is 690. The van der Waals surface area contributed by atoms with Crippen molar-refractivity contribution in [2.75, 3.05) is 17.2 Å². The fourth-order valence-corrected chi connectivity index (χ4v) is 2.90. The molecule has 1 aliphatic rings. The minimum absolute atomic E-state index is 0.121. The zero-order valence-corrected chi connectivity index (χ0v) is 12.8. The lowest BCUT2D eigenvalue weighted by Crippen LogP contribution is -2.17. The molecule has 108 valence electrons. The number of rotatable bonds is 3. The zero-order valence-electron chi connectivity index (χ0n) is 11.2. The second kappa shape index (κ2) is 5.85. The Balaban J connectivity index is 1.69. The van der Waals surface area contributed by atoms with Crippen molar-refractivity contribution in [2.24, 2.45) is 0 Å². The molecule has 3 nitrogen and oxygen atoms in total. The topological polar surface area (TPSA) is 41.1 Å². The summed E-state index contributed by atoms with van der Waals surface area (Å²) in [6.45, 7) is 0.747. The Labute approximate surface area is 130 Å². The van der Waals surface area contributed by atoms with E-state index in [1.807, 2.05) is 24.3 Å². The van der Waals surface area contributed by atoms with Gasteiger partial charge in [-0.15, -0.1) is 0 Å². The molecular weight excluding hydrogens is 335 g/mol. The maximum atomic E-state index is 13.2. The molecule has 0 saturated carbocycles. The van der Waals surface area contributed by atoms with Gasteiger partial charge in [-0.3, -0.25) is 4.79 Å². The monoisotopic (exact) mass is 348 g/mol. The van der Waals surface area contributed by atoms with Gasteiger partial charge in [0.1, 0.15) is 5.82 Å². The molecule has 2 aromatic carbocycles. The molecule has 1 unspecified atom stereocenters. The van der Waals surface area contributed by atoms with E-state index in [0.717, 1.165) is 17.8 Å². The number of carbonyl (C=O) groups is 1. The molecule has 5 heteroatoms. The molecule has 1 heterocycles. The van der Waals surface area contributed by atoms with Gasteiger partial charge in [-0.2, -0.15) is 0 Å². The summed E-state index contributed by atoms with van der Waals surface area (Å²) in [5, 5.41) is 6.05. The van der Waals surface area contributed by atoms with Crippen LogP contribution in [-0.2, 0) is 4.79 Å². The van der Waals surface area contributed by atoms with E-state index >= 15 is 0 Å². The van der Waals surface area contributed by atoms with Crippen LogP contribution in [0.2, 0.25) is 0 Å². The molecule has 0 fully saturated rings. The van der Waals surface area contributed by atoms with Gasteiger partial charge in [-0.25, -0.2) is 4.39 Å². The minimum atomic E-state index is -0.374. The second-order valence-electron chi connectivity index (χ2n) is 5.04. The average Bonchev–Trinajstić information content (AvgIpc) is 2.86. The normalized spacial score (nSPS) is 16.2. The number of hydrogen-bond donors (Lipinski definition) is 2. The van der Waals surface area contributed by atoms with E-state index in [1.165, 1.54) is 12.1 Å². The molecule has 0 aliphatic carbocycles. The Hall–Kier alpha value is -1.88. The number of halogens is 2. The predicted molar refractivity (Wildman–Crippen MR) is 85.0 cm³/mol. The summed E-state index contributed by atoms with van der Waals surface area (Å²) < 4.78 is 13.9. The first kappa shape index (κ1) is 14.1. The van der Waals surface area contributed by atoms with Crippen molar-refractivity contribution in [1.29, 1.82) is 0 Å². The highest BCUT2D eigenvalue weighted by atomic mass is 79.9. The molecule has 0 saturated heterocycles. The van der Waals surface area contributed by atoms with Gasteiger partial charge in [0.15, 0.2) is 0 Å². The average molecular weight is 349 g/mol. The second-order valence-corrected chi connectivity index (χ2v) is 5.90. The summed E-state index contributed by atoms with van der Waals surface area (Å²) in [6.07, 6.45) is 0.368. The van der Waals surface area contributed by atoms with Gasteiger partial charge in [0.25, 0.3) is 0 Å². The van der Waals surface area contributed by atoms with Crippen molar-refractivity contribution in [3.63, 3.8) is 0 Å². The van der Waals surface area contributed by atoms with E-state index in [-0.39, 0.29) is 17.6 Å². The Morgan fingerprint density at radius 1 is 1.33 bits per heavy atom. The van der Waals surface area contributed by atoms with Crippen molar-refractivity contribution in [3.05, 3.63) is 58.3 Å². The van der Waals surface area contributed by atoms with E-state index in [2.05, 4.69) is 26.6 Å². The standard InChI is InChI=1S/C16H14BrFN2O/c17-13-6-5-11(18)8-15(13)20-16(21)7-10-9-19-14-4-2-1-3-12(10)14/h1-6,8,10,19H,7,9H2,(H,20,21). The number of nitrogens with one attached hydrogen (secondary N) is 2. The lowest BCUT2D eigenvalue weighted by molar-refractivity contribution is -0.116. The third-order valence-electron chi connectivity index (χ3n) is 3.57. The Kier molecular flexibility index (Phi) is 3.92. The first-order valence-corrected chi connectivity index (χ1v) is 7.50. The van der Waals surface area contributed by atoms with E-state index in [0.29, 0.717) is 16.6 Å². The number of benzene rings is 2.